The van der Waals surface area contributed by atoms with Crippen molar-refractivity contribution >= 4 is 16.1 Å². The molecule has 0 saturated heterocycles. The van der Waals surface area contributed by atoms with Crippen molar-refractivity contribution in [3.05, 3.63) is 12.2 Å². The number of allylic oxidation sites excluding steroid dienone is 2. The van der Waals surface area contributed by atoms with E-state index in [9.17, 15) is 4.21 Å². The largest absolute Gasteiger partial charge is 0.212 e. The Morgan fingerprint density at radius 2 is 2.50 bits per heavy atom. The molecule has 1 nitrogen and oxygen atoms in total. The van der Waals surface area contributed by atoms with Crippen LogP contribution in [-0.4, -0.2) is 9.07 Å². The fraction of sp³-hybridized carbons (Fsp3) is 0.250. The summed E-state index contributed by atoms with van der Waals surface area (Å²) < 4.78 is 9.74. The first-order valence-electron chi connectivity index (χ1n) is 1.75. The van der Waals surface area contributed by atoms with Gasteiger partial charge >= 0.3 is 0 Å². The van der Waals surface area contributed by atoms with E-state index in [1.54, 1.807) is 0 Å². The molecule has 0 amide bonds. The third-order valence-corrected chi connectivity index (χ3v) is 1.25. The van der Waals surface area contributed by atoms with Crippen molar-refractivity contribution < 1.29 is 4.21 Å². The van der Waals surface area contributed by atoms with E-state index in [1.807, 2.05) is 12.2 Å². The van der Waals surface area contributed by atoms with Gasteiger partial charge in [0.15, 0.2) is 0 Å². The minimum absolute atomic E-state index is 0.591. The minimum atomic E-state index is 0.591. The maximum Gasteiger partial charge on any atom is 0.0923 e. The van der Waals surface area contributed by atoms with Crippen LogP contribution in [0.1, 0.15) is 6.42 Å². The first kappa shape index (κ1) is 3.81. The van der Waals surface area contributed by atoms with Crippen molar-refractivity contribution in [1.29, 1.82) is 0 Å². The summed E-state index contributed by atoms with van der Waals surface area (Å²) in [4.78, 5) is 0.954. The molecule has 0 aromatic heterocycles. The summed E-state index contributed by atoms with van der Waals surface area (Å²) >= 11 is 0.591. The van der Waals surface area contributed by atoms with Crippen LogP contribution in [0.3, 0.4) is 0 Å². The van der Waals surface area contributed by atoms with Gasteiger partial charge in [0.25, 0.3) is 0 Å². The third kappa shape index (κ3) is 0.431. The van der Waals surface area contributed by atoms with E-state index in [1.165, 1.54) is 0 Å². The normalized spacial score (nSPS) is 17.0. The van der Waals surface area contributed by atoms with Gasteiger partial charge < -0.3 is 0 Å². The van der Waals surface area contributed by atoms with Gasteiger partial charge in [0, 0.05) is 11.3 Å². The fourth-order valence-corrected chi connectivity index (χ4v) is 0.592. The van der Waals surface area contributed by atoms with Gasteiger partial charge in [0.2, 0.25) is 0 Å². The summed E-state index contributed by atoms with van der Waals surface area (Å²) in [6.45, 7) is 0. The van der Waals surface area contributed by atoms with Crippen molar-refractivity contribution in [2.75, 3.05) is 0 Å². The standard InChI is InChI=1S/C4H4OS/c5-6-4-2-1-3-4/h1-2H,3H2. The quantitative estimate of drug-likeness (QED) is 0.401. The molecule has 0 fully saturated rings. The Morgan fingerprint density at radius 3 is 2.50 bits per heavy atom. The molecule has 1 aliphatic carbocycles. The Morgan fingerprint density at radius 1 is 1.83 bits per heavy atom. The Hall–Kier alpha value is -0.370. The van der Waals surface area contributed by atoms with E-state index in [0.29, 0.717) is 11.3 Å². The molecule has 1 rings (SSSR count). The van der Waals surface area contributed by atoms with Gasteiger partial charge in [0.1, 0.15) is 0 Å². The molecule has 0 bridgehead atoms. The molecule has 1 aliphatic rings. The molecule has 6 heavy (non-hydrogen) atoms. The minimum Gasteiger partial charge on any atom is -0.212 e. The third-order valence-electron chi connectivity index (χ3n) is 0.730. The Labute approximate surface area is 39.7 Å². The van der Waals surface area contributed by atoms with Crippen molar-refractivity contribution in [3.8, 4) is 0 Å². The summed E-state index contributed by atoms with van der Waals surface area (Å²) in [6.07, 6.45) is 4.71. The second-order valence-electron chi connectivity index (χ2n) is 1.16. The predicted molar refractivity (Wildman–Crippen MR) is 26.9 cm³/mol. The van der Waals surface area contributed by atoms with Gasteiger partial charge in [-0.25, -0.2) is 4.21 Å². The second-order valence-corrected chi connectivity index (χ2v) is 1.85. The molecule has 32 valence electrons. The fourth-order valence-electron chi connectivity index (χ4n) is 0.276. The zero-order valence-electron chi connectivity index (χ0n) is 3.18. The molecule has 0 unspecified atom stereocenters. The molecule has 0 aliphatic heterocycles. The molecule has 2 heteroatoms. The molecule has 0 atom stereocenters. The summed E-state index contributed by atoms with van der Waals surface area (Å²) in [6, 6.07) is 0. The Kier molecular flexibility index (Phi) is 0.881. The van der Waals surface area contributed by atoms with Gasteiger partial charge in [-0.15, -0.1) is 0 Å². The molecule has 0 heterocycles. The van der Waals surface area contributed by atoms with E-state index in [4.69, 9.17) is 0 Å². The average Bonchev–Trinajstić information content (AvgIpc) is 1.31. The summed E-state index contributed by atoms with van der Waals surface area (Å²) in [7, 11) is 0. The summed E-state index contributed by atoms with van der Waals surface area (Å²) in [5.74, 6) is 0. The zero-order chi connectivity index (χ0) is 4.41. The van der Waals surface area contributed by atoms with Crippen LogP contribution in [0.25, 0.3) is 0 Å². The van der Waals surface area contributed by atoms with E-state index < -0.39 is 0 Å². The molecule has 0 spiro atoms. The van der Waals surface area contributed by atoms with Crippen LogP contribution in [-0.2, 0) is 11.3 Å². The van der Waals surface area contributed by atoms with E-state index in [-0.39, 0.29) is 0 Å². The van der Waals surface area contributed by atoms with E-state index >= 15 is 0 Å². The van der Waals surface area contributed by atoms with Crippen LogP contribution < -0.4 is 0 Å². The van der Waals surface area contributed by atoms with Crippen molar-refractivity contribution in [1.82, 2.24) is 0 Å². The van der Waals surface area contributed by atoms with Crippen molar-refractivity contribution in [3.63, 3.8) is 0 Å². The van der Waals surface area contributed by atoms with Gasteiger partial charge in [-0.2, -0.15) is 0 Å². The highest BCUT2D eigenvalue weighted by atomic mass is 32.1. The molecule has 0 aromatic rings. The predicted octanol–water partition coefficient (Wildman–Crippen LogP) is 0.332. The van der Waals surface area contributed by atoms with Crippen LogP contribution in [0.5, 0.6) is 0 Å². The molecule has 0 N–H and O–H groups in total. The van der Waals surface area contributed by atoms with Crippen LogP contribution in [0, 0.1) is 0 Å². The van der Waals surface area contributed by atoms with Gasteiger partial charge in [0.05, 0.1) is 11.3 Å². The Bertz CT molecular complexity index is 130. The molecular formula is C4H4OS. The van der Waals surface area contributed by atoms with E-state index in [2.05, 4.69) is 0 Å². The van der Waals surface area contributed by atoms with Crippen LogP contribution in [0.4, 0.5) is 0 Å². The lowest BCUT2D eigenvalue weighted by molar-refractivity contribution is 0.701. The van der Waals surface area contributed by atoms with Gasteiger partial charge in [-0.05, 0) is 6.08 Å². The molecular weight excluding hydrogens is 96.1 g/mol. The smallest absolute Gasteiger partial charge is 0.0923 e. The van der Waals surface area contributed by atoms with Crippen molar-refractivity contribution in [2.45, 2.75) is 6.42 Å². The van der Waals surface area contributed by atoms with Crippen LogP contribution in [0.2, 0.25) is 0 Å². The SMILES string of the molecule is O=S=C1C=CC1. The highest BCUT2D eigenvalue weighted by Crippen LogP contribution is 1.98. The molecule has 0 radical (unpaired) electrons. The van der Waals surface area contributed by atoms with Crippen LogP contribution in [0.15, 0.2) is 12.2 Å². The molecule has 0 aromatic carbocycles. The van der Waals surface area contributed by atoms with E-state index in [0.717, 1.165) is 11.3 Å². The lowest BCUT2D eigenvalue weighted by atomic mass is 10.1. The van der Waals surface area contributed by atoms with Crippen molar-refractivity contribution in [2.24, 2.45) is 0 Å². The summed E-state index contributed by atoms with van der Waals surface area (Å²) in [5.41, 5.74) is 0. The molecule has 0 saturated carbocycles. The number of hydrogen-bond donors (Lipinski definition) is 0. The number of rotatable bonds is 0. The average molecular weight is 100 g/mol. The van der Waals surface area contributed by atoms with Gasteiger partial charge in [-0.1, -0.05) is 6.08 Å². The highest BCUT2D eigenvalue weighted by Gasteiger charge is 1.96. The monoisotopic (exact) mass is 100.0 g/mol. The number of hydrogen-bond acceptors (Lipinski definition) is 1. The Balaban J connectivity index is 2.86. The first-order valence-corrected chi connectivity index (χ1v) is 2.50. The lowest BCUT2D eigenvalue weighted by Crippen LogP contribution is -1.97. The topological polar surface area (TPSA) is 17.1 Å². The first-order chi connectivity index (χ1) is 2.93. The lowest BCUT2D eigenvalue weighted by Gasteiger charge is -1.96. The summed E-state index contributed by atoms with van der Waals surface area (Å²) in [5, 5.41) is 0. The van der Waals surface area contributed by atoms with Gasteiger partial charge in [-0.3, -0.25) is 0 Å². The zero-order valence-corrected chi connectivity index (χ0v) is 3.99. The second kappa shape index (κ2) is 1.39. The maximum absolute atomic E-state index is 9.74. The highest BCUT2D eigenvalue weighted by molar-refractivity contribution is 7.67. The maximum atomic E-state index is 9.74. The van der Waals surface area contributed by atoms with Crippen LogP contribution >= 0.6 is 0 Å².